The van der Waals surface area contributed by atoms with Gasteiger partial charge in [-0.05, 0) is 32.4 Å². The van der Waals surface area contributed by atoms with E-state index in [-0.39, 0.29) is 0 Å². The summed E-state index contributed by atoms with van der Waals surface area (Å²) in [7, 11) is 1.70. The Morgan fingerprint density at radius 2 is 2.29 bits per heavy atom. The maximum absolute atomic E-state index is 5.36. The molecule has 6 nitrogen and oxygen atoms in total. The van der Waals surface area contributed by atoms with Gasteiger partial charge in [0.15, 0.2) is 5.75 Å². The van der Waals surface area contributed by atoms with Gasteiger partial charge in [-0.3, -0.25) is 4.98 Å². The van der Waals surface area contributed by atoms with E-state index in [1.165, 1.54) is 4.68 Å². The highest BCUT2D eigenvalue weighted by Crippen LogP contribution is 2.20. The highest BCUT2D eigenvalue weighted by atomic mass is 79.9. The minimum atomic E-state index is 0.324. The topological polar surface area (TPSA) is 65.7 Å². The van der Waals surface area contributed by atoms with Gasteiger partial charge < -0.3 is 4.74 Å². The molecule has 0 aliphatic heterocycles. The first-order valence-corrected chi connectivity index (χ1v) is 4.56. The first kappa shape index (κ1) is 9.07. The van der Waals surface area contributed by atoms with Crippen molar-refractivity contribution in [2.75, 3.05) is 0 Å². The number of nitrogens with zero attached hydrogens (tertiary/aromatic N) is 5. The molecular formula is C7H6BrN5O. The highest BCUT2D eigenvalue weighted by Gasteiger charge is 2.04. The van der Waals surface area contributed by atoms with E-state index < -0.39 is 0 Å². The molecule has 2 aromatic heterocycles. The molecule has 0 N–H and O–H groups in total. The monoisotopic (exact) mass is 255 g/mol. The van der Waals surface area contributed by atoms with Gasteiger partial charge in [0.1, 0.15) is 0 Å². The van der Waals surface area contributed by atoms with Gasteiger partial charge in [-0.1, -0.05) is 5.10 Å². The molecule has 0 bridgehead atoms. The smallest absolute Gasteiger partial charge is 0.340 e. The van der Waals surface area contributed by atoms with Crippen LogP contribution in [0.1, 0.15) is 0 Å². The second-order valence-electron chi connectivity index (χ2n) is 2.53. The van der Waals surface area contributed by atoms with Gasteiger partial charge in [-0.2, -0.15) is 4.68 Å². The minimum Gasteiger partial charge on any atom is -0.422 e. The Morgan fingerprint density at radius 1 is 1.43 bits per heavy atom. The molecule has 0 amide bonds. The molecular weight excluding hydrogens is 250 g/mol. The Morgan fingerprint density at radius 3 is 2.93 bits per heavy atom. The quantitative estimate of drug-likeness (QED) is 0.806. The maximum atomic E-state index is 5.36. The van der Waals surface area contributed by atoms with Crippen LogP contribution in [0.25, 0.3) is 0 Å². The molecule has 2 aromatic rings. The predicted octanol–water partition coefficient (Wildman–Crippen LogP) is 1.16. The summed E-state index contributed by atoms with van der Waals surface area (Å²) in [5.41, 5.74) is 0. The molecule has 7 heteroatoms. The number of tetrazole rings is 1. The van der Waals surface area contributed by atoms with Crippen molar-refractivity contribution >= 4 is 15.9 Å². The molecule has 2 rings (SSSR count). The van der Waals surface area contributed by atoms with Gasteiger partial charge in [0, 0.05) is 17.7 Å². The van der Waals surface area contributed by atoms with Crippen LogP contribution in [0.4, 0.5) is 0 Å². The largest absolute Gasteiger partial charge is 0.422 e. The highest BCUT2D eigenvalue weighted by molar-refractivity contribution is 9.10. The molecule has 0 aliphatic carbocycles. The number of rotatable bonds is 2. The number of halogens is 1. The first-order chi connectivity index (χ1) is 6.75. The molecule has 0 saturated heterocycles. The third kappa shape index (κ3) is 1.87. The molecule has 0 radical (unpaired) electrons. The van der Waals surface area contributed by atoms with E-state index in [0.717, 1.165) is 4.47 Å². The van der Waals surface area contributed by atoms with E-state index >= 15 is 0 Å². The van der Waals surface area contributed by atoms with E-state index in [2.05, 4.69) is 36.4 Å². The van der Waals surface area contributed by atoms with Crippen LogP contribution in [0.15, 0.2) is 22.9 Å². The van der Waals surface area contributed by atoms with Crippen LogP contribution in [0.2, 0.25) is 0 Å². The number of ether oxygens (including phenoxy) is 1. The van der Waals surface area contributed by atoms with E-state index in [4.69, 9.17) is 4.74 Å². The van der Waals surface area contributed by atoms with Crippen molar-refractivity contribution < 1.29 is 4.74 Å². The summed E-state index contributed by atoms with van der Waals surface area (Å²) >= 11 is 3.28. The van der Waals surface area contributed by atoms with Crippen LogP contribution in [0, 0.1) is 0 Å². The Hall–Kier alpha value is -1.50. The Bertz CT molecular complexity index is 443. The number of pyridine rings is 1. The van der Waals surface area contributed by atoms with Crippen molar-refractivity contribution in [1.82, 2.24) is 25.2 Å². The fourth-order valence-corrected chi connectivity index (χ4v) is 1.21. The first-order valence-electron chi connectivity index (χ1n) is 3.76. The van der Waals surface area contributed by atoms with Gasteiger partial charge in [0.2, 0.25) is 0 Å². The van der Waals surface area contributed by atoms with E-state index in [1.54, 1.807) is 25.5 Å². The average molecular weight is 256 g/mol. The summed E-state index contributed by atoms with van der Waals surface area (Å²) in [5.74, 6) is 0.581. The SMILES string of the molecule is Cn1nnnc1Oc1cncc(Br)c1. The summed E-state index contributed by atoms with van der Waals surface area (Å²) in [5, 5.41) is 10.8. The number of hydrogen-bond acceptors (Lipinski definition) is 5. The van der Waals surface area contributed by atoms with Gasteiger partial charge in [0.05, 0.1) is 6.20 Å². The number of hydrogen-bond donors (Lipinski definition) is 0. The Labute approximate surface area is 88.0 Å². The lowest BCUT2D eigenvalue weighted by atomic mass is 10.5. The third-order valence-corrected chi connectivity index (χ3v) is 1.90. The zero-order valence-corrected chi connectivity index (χ0v) is 8.84. The van der Waals surface area contributed by atoms with Crippen molar-refractivity contribution in [2.24, 2.45) is 7.05 Å². The molecule has 72 valence electrons. The van der Waals surface area contributed by atoms with Crippen LogP contribution < -0.4 is 4.74 Å². The van der Waals surface area contributed by atoms with Crippen LogP contribution in [-0.4, -0.2) is 25.2 Å². The molecule has 0 spiro atoms. The molecule has 0 atom stereocenters. The molecule has 0 aromatic carbocycles. The van der Waals surface area contributed by atoms with Crippen molar-refractivity contribution in [1.29, 1.82) is 0 Å². The Balaban J connectivity index is 2.23. The maximum Gasteiger partial charge on any atom is 0.340 e. The van der Waals surface area contributed by atoms with Gasteiger partial charge >= 0.3 is 6.01 Å². The number of aryl methyl sites for hydroxylation is 1. The fraction of sp³-hybridized carbons (Fsp3) is 0.143. The molecule has 0 aliphatic rings. The van der Waals surface area contributed by atoms with Crippen LogP contribution in [0.3, 0.4) is 0 Å². The molecule has 0 saturated carbocycles. The lowest BCUT2D eigenvalue weighted by Crippen LogP contribution is -1.96. The zero-order valence-electron chi connectivity index (χ0n) is 7.25. The standard InChI is InChI=1S/C7H6BrN5O/c1-13-7(10-11-12-13)14-6-2-5(8)3-9-4-6/h2-4H,1H3. The predicted molar refractivity (Wildman–Crippen MR) is 50.8 cm³/mol. The average Bonchev–Trinajstić information content (AvgIpc) is 2.52. The van der Waals surface area contributed by atoms with Gasteiger partial charge in [0.25, 0.3) is 0 Å². The summed E-state index contributed by atoms with van der Waals surface area (Å²) in [6, 6.07) is 2.10. The minimum absolute atomic E-state index is 0.324. The zero-order chi connectivity index (χ0) is 9.97. The Kier molecular flexibility index (Phi) is 2.40. The summed E-state index contributed by atoms with van der Waals surface area (Å²) in [6.07, 6.45) is 3.25. The third-order valence-electron chi connectivity index (χ3n) is 1.47. The molecule has 14 heavy (non-hydrogen) atoms. The molecule has 0 unspecified atom stereocenters. The van der Waals surface area contributed by atoms with Crippen LogP contribution in [0.5, 0.6) is 11.8 Å². The number of aromatic nitrogens is 5. The van der Waals surface area contributed by atoms with E-state index in [9.17, 15) is 0 Å². The second kappa shape index (κ2) is 3.70. The lowest BCUT2D eigenvalue weighted by molar-refractivity contribution is 0.413. The summed E-state index contributed by atoms with van der Waals surface area (Å²) in [6.45, 7) is 0. The fourth-order valence-electron chi connectivity index (χ4n) is 0.861. The van der Waals surface area contributed by atoms with Crippen molar-refractivity contribution in [3.05, 3.63) is 22.9 Å². The van der Waals surface area contributed by atoms with Gasteiger partial charge in [-0.25, -0.2) is 0 Å². The van der Waals surface area contributed by atoms with E-state index in [0.29, 0.717) is 11.8 Å². The normalized spacial score (nSPS) is 10.1. The second-order valence-corrected chi connectivity index (χ2v) is 3.44. The summed E-state index contributed by atoms with van der Waals surface area (Å²) in [4.78, 5) is 3.94. The van der Waals surface area contributed by atoms with E-state index in [1.807, 2.05) is 0 Å². The van der Waals surface area contributed by atoms with Crippen molar-refractivity contribution in [3.8, 4) is 11.8 Å². The van der Waals surface area contributed by atoms with Crippen molar-refractivity contribution in [2.45, 2.75) is 0 Å². The van der Waals surface area contributed by atoms with Gasteiger partial charge in [-0.15, -0.1) is 0 Å². The van der Waals surface area contributed by atoms with Crippen LogP contribution in [-0.2, 0) is 7.05 Å². The molecule has 0 fully saturated rings. The summed E-state index contributed by atoms with van der Waals surface area (Å²) < 4.78 is 7.63. The van der Waals surface area contributed by atoms with Crippen LogP contribution >= 0.6 is 15.9 Å². The molecule has 2 heterocycles. The lowest BCUT2D eigenvalue weighted by Gasteiger charge is -2.01. The van der Waals surface area contributed by atoms with Crippen molar-refractivity contribution in [3.63, 3.8) is 0 Å².